The number of aromatic nitrogens is 2. The van der Waals surface area contributed by atoms with Crippen LogP contribution in [0.15, 0.2) is 23.3 Å². The monoisotopic (exact) mass is 262 g/mol. The second-order valence-electron chi connectivity index (χ2n) is 4.89. The number of ether oxygens (including phenoxy) is 2. The molecule has 0 atom stereocenters. The van der Waals surface area contributed by atoms with Crippen LogP contribution in [0.25, 0.3) is 10.9 Å². The minimum atomic E-state index is -0.279. The predicted octanol–water partition coefficient (Wildman–Crippen LogP) is 2.50. The fourth-order valence-electron chi connectivity index (χ4n) is 1.78. The molecule has 5 nitrogen and oxygen atoms in total. The maximum absolute atomic E-state index is 11.7. The maximum Gasteiger partial charge on any atom is 0.280 e. The molecule has 0 aliphatic rings. The summed E-state index contributed by atoms with van der Waals surface area (Å²) in [4.78, 5) is 18.4. The van der Waals surface area contributed by atoms with E-state index in [1.807, 2.05) is 27.7 Å². The van der Waals surface area contributed by atoms with Crippen molar-refractivity contribution in [2.24, 2.45) is 0 Å². The number of nitrogens with one attached hydrogen (secondary N) is 1. The van der Waals surface area contributed by atoms with Crippen molar-refractivity contribution in [2.45, 2.75) is 39.9 Å². The third kappa shape index (κ3) is 3.05. The Morgan fingerprint density at radius 2 is 1.63 bits per heavy atom. The van der Waals surface area contributed by atoms with Crippen LogP contribution in [-0.4, -0.2) is 22.2 Å². The van der Waals surface area contributed by atoms with Crippen molar-refractivity contribution in [3.8, 4) is 11.5 Å². The number of hydrogen-bond acceptors (Lipinski definition) is 4. The smallest absolute Gasteiger partial charge is 0.280 e. The maximum atomic E-state index is 11.7. The third-order valence-corrected chi connectivity index (χ3v) is 2.44. The highest BCUT2D eigenvalue weighted by molar-refractivity contribution is 5.81. The minimum absolute atomic E-state index is 0.00251. The van der Waals surface area contributed by atoms with Crippen molar-refractivity contribution in [3.63, 3.8) is 0 Å². The summed E-state index contributed by atoms with van der Waals surface area (Å²) < 4.78 is 11.4. The molecule has 0 bridgehead atoms. The topological polar surface area (TPSA) is 64.2 Å². The van der Waals surface area contributed by atoms with Crippen molar-refractivity contribution in [3.05, 3.63) is 28.8 Å². The zero-order valence-electron chi connectivity index (χ0n) is 11.6. The minimum Gasteiger partial charge on any atom is -0.487 e. The molecule has 0 unspecified atom stereocenters. The number of fused-ring (bicyclic) bond motifs is 1. The van der Waals surface area contributed by atoms with E-state index in [-0.39, 0.29) is 17.8 Å². The van der Waals surface area contributed by atoms with Crippen molar-refractivity contribution in [2.75, 3.05) is 0 Å². The Morgan fingerprint density at radius 1 is 1.05 bits per heavy atom. The molecule has 2 aromatic rings. The quantitative estimate of drug-likeness (QED) is 0.919. The van der Waals surface area contributed by atoms with Crippen LogP contribution in [0.5, 0.6) is 11.5 Å². The van der Waals surface area contributed by atoms with Crippen molar-refractivity contribution in [1.29, 1.82) is 0 Å². The van der Waals surface area contributed by atoms with Crippen LogP contribution in [0.4, 0.5) is 0 Å². The molecule has 0 radical (unpaired) electrons. The lowest BCUT2D eigenvalue weighted by atomic mass is 10.2. The predicted molar refractivity (Wildman–Crippen MR) is 73.9 cm³/mol. The van der Waals surface area contributed by atoms with Gasteiger partial charge in [0.1, 0.15) is 0 Å². The van der Waals surface area contributed by atoms with Crippen molar-refractivity contribution >= 4 is 10.9 Å². The molecule has 5 heteroatoms. The SMILES string of the molecule is CC(C)Oc1cc2[nH]cnc(=O)c2cc1OC(C)C. The van der Waals surface area contributed by atoms with Gasteiger partial charge in [0, 0.05) is 6.07 Å². The standard InChI is InChI=1S/C14H18N2O3/c1-8(2)18-12-5-10-11(15-7-16-14(10)17)6-13(12)19-9(3)4/h5-9H,1-4H3,(H,15,16,17). The summed E-state index contributed by atoms with van der Waals surface area (Å²) in [5, 5.41) is 0.495. The number of H-pyrrole nitrogens is 1. The van der Waals surface area contributed by atoms with E-state index in [0.717, 1.165) is 0 Å². The Kier molecular flexibility index (Phi) is 3.74. The molecule has 1 N–H and O–H groups in total. The summed E-state index contributed by atoms with van der Waals surface area (Å²) in [5.74, 6) is 1.19. The molecule has 1 heterocycles. The van der Waals surface area contributed by atoms with Gasteiger partial charge in [0.2, 0.25) is 0 Å². The van der Waals surface area contributed by atoms with Gasteiger partial charge < -0.3 is 14.5 Å². The van der Waals surface area contributed by atoms with Gasteiger partial charge in [0.25, 0.3) is 5.56 Å². The molecule has 0 amide bonds. The molecule has 1 aromatic heterocycles. The highest BCUT2D eigenvalue weighted by atomic mass is 16.5. The van der Waals surface area contributed by atoms with Crippen LogP contribution < -0.4 is 15.0 Å². The number of rotatable bonds is 4. The second-order valence-corrected chi connectivity index (χ2v) is 4.89. The van der Waals surface area contributed by atoms with E-state index in [9.17, 15) is 4.79 Å². The van der Waals surface area contributed by atoms with E-state index in [1.54, 1.807) is 12.1 Å². The summed E-state index contributed by atoms with van der Waals surface area (Å²) in [6, 6.07) is 3.45. The summed E-state index contributed by atoms with van der Waals surface area (Å²) in [7, 11) is 0. The zero-order chi connectivity index (χ0) is 14.0. The Bertz CT molecular complexity index is 632. The molecule has 0 spiro atoms. The van der Waals surface area contributed by atoms with Crippen LogP contribution in [-0.2, 0) is 0 Å². The van der Waals surface area contributed by atoms with Gasteiger partial charge in [-0.05, 0) is 33.8 Å². The zero-order valence-corrected chi connectivity index (χ0v) is 11.6. The van der Waals surface area contributed by atoms with Crippen LogP contribution in [0.1, 0.15) is 27.7 Å². The van der Waals surface area contributed by atoms with E-state index in [1.165, 1.54) is 6.33 Å². The molecule has 0 aliphatic carbocycles. The normalized spacial score (nSPS) is 11.3. The van der Waals surface area contributed by atoms with Crippen molar-refractivity contribution in [1.82, 2.24) is 9.97 Å². The van der Waals surface area contributed by atoms with Crippen LogP contribution in [0.2, 0.25) is 0 Å². The van der Waals surface area contributed by atoms with Crippen LogP contribution in [0, 0.1) is 0 Å². The summed E-state index contributed by atoms with van der Waals surface area (Å²) in [5.41, 5.74) is 0.408. The lowest BCUT2D eigenvalue weighted by molar-refractivity contribution is 0.199. The Labute approximate surface area is 111 Å². The van der Waals surface area contributed by atoms with Gasteiger partial charge in [-0.25, -0.2) is 0 Å². The van der Waals surface area contributed by atoms with E-state index in [4.69, 9.17) is 9.47 Å². The molecule has 102 valence electrons. The van der Waals surface area contributed by atoms with Gasteiger partial charge in [-0.3, -0.25) is 4.79 Å². The first kappa shape index (κ1) is 13.4. The molecule has 2 rings (SSSR count). The van der Waals surface area contributed by atoms with Gasteiger partial charge in [-0.1, -0.05) is 0 Å². The highest BCUT2D eigenvalue weighted by Gasteiger charge is 2.12. The average molecular weight is 262 g/mol. The van der Waals surface area contributed by atoms with Gasteiger partial charge in [0.15, 0.2) is 11.5 Å². The lowest BCUT2D eigenvalue weighted by Crippen LogP contribution is -2.12. The third-order valence-electron chi connectivity index (χ3n) is 2.44. The molecule has 0 fully saturated rings. The fraction of sp³-hybridized carbons (Fsp3) is 0.429. The van der Waals surface area contributed by atoms with E-state index >= 15 is 0 Å². The molecule has 1 aromatic carbocycles. The molecular formula is C14H18N2O3. The molecule has 0 saturated heterocycles. The Hall–Kier alpha value is -2.04. The summed E-state index contributed by atoms with van der Waals surface area (Å²) >= 11 is 0. The summed E-state index contributed by atoms with van der Waals surface area (Å²) in [6.45, 7) is 7.74. The molecule has 0 saturated carbocycles. The first-order chi connectivity index (χ1) is 8.97. The first-order valence-electron chi connectivity index (χ1n) is 6.32. The van der Waals surface area contributed by atoms with E-state index < -0.39 is 0 Å². The van der Waals surface area contributed by atoms with Gasteiger partial charge >= 0.3 is 0 Å². The number of nitrogens with zero attached hydrogens (tertiary/aromatic N) is 1. The fourth-order valence-corrected chi connectivity index (χ4v) is 1.78. The number of benzene rings is 1. The van der Waals surface area contributed by atoms with E-state index in [2.05, 4.69) is 9.97 Å². The van der Waals surface area contributed by atoms with Gasteiger partial charge in [0.05, 0.1) is 29.4 Å². The van der Waals surface area contributed by atoms with Crippen molar-refractivity contribution < 1.29 is 9.47 Å². The highest BCUT2D eigenvalue weighted by Crippen LogP contribution is 2.32. The van der Waals surface area contributed by atoms with Gasteiger partial charge in [-0.2, -0.15) is 4.98 Å². The van der Waals surface area contributed by atoms with Crippen LogP contribution >= 0.6 is 0 Å². The molecular weight excluding hydrogens is 244 g/mol. The summed E-state index contributed by atoms with van der Waals surface area (Å²) in [6.07, 6.45) is 1.41. The molecule has 19 heavy (non-hydrogen) atoms. The van der Waals surface area contributed by atoms with Gasteiger partial charge in [-0.15, -0.1) is 0 Å². The number of hydrogen-bond donors (Lipinski definition) is 1. The number of aromatic amines is 1. The Balaban J connectivity index is 2.59. The molecule has 0 aliphatic heterocycles. The Morgan fingerprint density at radius 3 is 2.21 bits per heavy atom. The first-order valence-corrected chi connectivity index (χ1v) is 6.32. The second kappa shape index (κ2) is 5.30. The van der Waals surface area contributed by atoms with Crippen LogP contribution in [0.3, 0.4) is 0 Å². The largest absolute Gasteiger partial charge is 0.487 e. The lowest BCUT2D eigenvalue weighted by Gasteiger charge is -2.17. The average Bonchev–Trinajstić information content (AvgIpc) is 2.29. The van der Waals surface area contributed by atoms with E-state index in [0.29, 0.717) is 22.4 Å².